The first kappa shape index (κ1) is 20.2. The van der Waals surface area contributed by atoms with E-state index < -0.39 is 5.97 Å². The second kappa shape index (κ2) is 9.57. The Balaban J connectivity index is 2.15. The molecule has 0 radical (unpaired) electrons. The van der Waals surface area contributed by atoms with Gasteiger partial charge >= 0.3 is 12.0 Å². The molecule has 0 aromatic heterocycles. The van der Waals surface area contributed by atoms with Crippen LogP contribution in [0.2, 0.25) is 0 Å². The van der Waals surface area contributed by atoms with E-state index in [-0.39, 0.29) is 18.4 Å². The fourth-order valence-corrected chi connectivity index (χ4v) is 2.91. The molecule has 5 heteroatoms. The van der Waals surface area contributed by atoms with E-state index in [9.17, 15) is 9.59 Å². The SMILES string of the molecule is C=CCc1cccc(C(C)C)c1NC(=O)Nc1cccc(CCC(=O)O)c1. The minimum atomic E-state index is -0.842. The quantitative estimate of drug-likeness (QED) is 0.562. The van der Waals surface area contributed by atoms with Crippen molar-refractivity contribution in [1.29, 1.82) is 0 Å². The number of urea groups is 1. The summed E-state index contributed by atoms with van der Waals surface area (Å²) in [7, 11) is 0. The molecule has 27 heavy (non-hydrogen) atoms. The fraction of sp³-hybridized carbons (Fsp3) is 0.273. The molecule has 0 saturated heterocycles. The standard InChI is InChI=1S/C22H26N2O3/c1-4-7-17-9-6-11-19(15(2)3)21(17)24-22(27)23-18-10-5-8-16(14-18)12-13-20(25)26/h4-6,8-11,14-15H,1,7,12-13H2,2-3H3,(H,25,26)(H2,23,24,27). The van der Waals surface area contributed by atoms with Crippen molar-refractivity contribution in [1.82, 2.24) is 0 Å². The van der Waals surface area contributed by atoms with Gasteiger partial charge in [0.2, 0.25) is 0 Å². The second-order valence-corrected chi connectivity index (χ2v) is 6.70. The molecular formula is C22H26N2O3. The molecule has 0 spiro atoms. The molecule has 0 saturated carbocycles. The summed E-state index contributed by atoms with van der Waals surface area (Å²) in [5.41, 5.74) is 4.39. The molecule has 3 N–H and O–H groups in total. The van der Waals surface area contributed by atoms with Gasteiger partial charge in [0.15, 0.2) is 0 Å². The molecule has 0 atom stereocenters. The Bertz CT molecular complexity index is 828. The first-order valence-electron chi connectivity index (χ1n) is 9.02. The van der Waals surface area contributed by atoms with Crippen LogP contribution in [0.5, 0.6) is 0 Å². The summed E-state index contributed by atoms with van der Waals surface area (Å²) in [5.74, 6) is -0.574. The highest BCUT2D eigenvalue weighted by Gasteiger charge is 2.13. The lowest BCUT2D eigenvalue weighted by atomic mass is 9.96. The first-order chi connectivity index (χ1) is 12.9. The van der Waals surface area contributed by atoms with Crippen LogP contribution in [0.1, 0.15) is 42.9 Å². The molecule has 5 nitrogen and oxygen atoms in total. The molecule has 0 aliphatic carbocycles. The van der Waals surface area contributed by atoms with Gasteiger partial charge in [-0.2, -0.15) is 0 Å². The molecule has 0 aliphatic rings. The highest BCUT2D eigenvalue weighted by atomic mass is 16.4. The maximum atomic E-state index is 12.5. The predicted octanol–water partition coefficient (Wildman–Crippen LogP) is 5.20. The molecule has 0 aliphatic heterocycles. The van der Waals surface area contributed by atoms with Crippen molar-refractivity contribution in [2.75, 3.05) is 10.6 Å². The minimum Gasteiger partial charge on any atom is -0.481 e. The number of allylic oxidation sites excluding steroid dienone is 1. The highest BCUT2D eigenvalue weighted by Crippen LogP contribution is 2.28. The van der Waals surface area contributed by atoms with E-state index in [1.54, 1.807) is 18.2 Å². The molecule has 2 rings (SSSR count). The Morgan fingerprint density at radius 3 is 2.56 bits per heavy atom. The fourth-order valence-electron chi connectivity index (χ4n) is 2.91. The lowest BCUT2D eigenvalue weighted by Crippen LogP contribution is -2.21. The highest BCUT2D eigenvalue weighted by molar-refractivity contribution is 6.00. The van der Waals surface area contributed by atoms with Crippen LogP contribution in [0.4, 0.5) is 16.2 Å². The molecule has 142 valence electrons. The number of nitrogens with one attached hydrogen (secondary N) is 2. The molecule has 0 bridgehead atoms. The van der Waals surface area contributed by atoms with E-state index in [0.29, 0.717) is 18.5 Å². The van der Waals surface area contributed by atoms with Gasteiger partial charge in [-0.1, -0.05) is 50.3 Å². The van der Waals surface area contributed by atoms with Crippen molar-refractivity contribution in [3.63, 3.8) is 0 Å². The summed E-state index contributed by atoms with van der Waals surface area (Å²) in [4.78, 5) is 23.3. The number of carbonyl (C=O) groups excluding carboxylic acids is 1. The third-order valence-corrected chi connectivity index (χ3v) is 4.22. The number of aryl methyl sites for hydroxylation is 1. The van der Waals surface area contributed by atoms with Crippen LogP contribution in [-0.2, 0) is 17.6 Å². The van der Waals surface area contributed by atoms with Crippen LogP contribution < -0.4 is 10.6 Å². The number of carboxylic acids is 1. The molecule has 2 aromatic carbocycles. The van der Waals surface area contributed by atoms with E-state index in [0.717, 1.165) is 22.4 Å². The minimum absolute atomic E-state index is 0.0579. The topological polar surface area (TPSA) is 78.4 Å². The number of rotatable bonds is 8. The third-order valence-electron chi connectivity index (χ3n) is 4.22. The second-order valence-electron chi connectivity index (χ2n) is 6.70. The number of benzene rings is 2. The first-order valence-corrected chi connectivity index (χ1v) is 9.02. The van der Waals surface area contributed by atoms with Crippen molar-refractivity contribution >= 4 is 23.4 Å². The summed E-state index contributed by atoms with van der Waals surface area (Å²) in [5, 5.41) is 14.6. The van der Waals surface area contributed by atoms with Crippen LogP contribution in [0.15, 0.2) is 55.1 Å². The molecule has 0 unspecified atom stereocenters. The lowest BCUT2D eigenvalue weighted by Gasteiger charge is -2.18. The summed E-state index contributed by atoms with van der Waals surface area (Å²) in [6.07, 6.45) is 2.96. The van der Waals surface area contributed by atoms with Crippen LogP contribution in [0, 0.1) is 0 Å². The van der Waals surface area contributed by atoms with Crippen LogP contribution in [0.3, 0.4) is 0 Å². The number of hydrogen-bond acceptors (Lipinski definition) is 2. The van der Waals surface area contributed by atoms with Gasteiger partial charge < -0.3 is 15.7 Å². The van der Waals surface area contributed by atoms with E-state index in [1.807, 2.05) is 30.3 Å². The number of carbonyl (C=O) groups is 2. The van der Waals surface area contributed by atoms with E-state index in [4.69, 9.17) is 5.11 Å². The number of amides is 2. The van der Waals surface area contributed by atoms with Crippen molar-refractivity contribution < 1.29 is 14.7 Å². The third kappa shape index (κ3) is 5.99. The van der Waals surface area contributed by atoms with Crippen LogP contribution >= 0.6 is 0 Å². The molecule has 0 heterocycles. The predicted molar refractivity (Wildman–Crippen MR) is 109 cm³/mol. The number of anilines is 2. The smallest absolute Gasteiger partial charge is 0.323 e. The molecular weight excluding hydrogens is 340 g/mol. The zero-order valence-electron chi connectivity index (χ0n) is 15.8. The van der Waals surface area contributed by atoms with E-state index >= 15 is 0 Å². The van der Waals surface area contributed by atoms with Gasteiger partial charge in [-0.3, -0.25) is 4.79 Å². The van der Waals surface area contributed by atoms with Crippen LogP contribution in [0.25, 0.3) is 0 Å². The maximum absolute atomic E-state index is 12.5. The van der Waals surface area contributed by atoms with Gasteiger partial charge in [0, 0.05) is 17.8 Å². The molecule has 2 aromatic rings. The van der Waals surface area contributed by atoms with Gasteiger partial charge in [0.25, 0.3) is 0 Å². The molecule has 2 amide bonds. The summed E-state index contributed by atoms with van der Waals surface area (Å²) < 4.78 is 0. The van der Waals surface area contributed by atoms with E-state index in [1.165, 1.54) is 0 Å². The van der Waals surface area contributed by atoms with Crippen molar-refractivity contribution in [3.05, 3.63) is 71.8 Å². The summed E-state index contributed by atoms with van der Waals surface area (Å²) in [6, 6.07) is 12.9. The van der Waals surface area contributed by atoms with Gasteiger partial charge in [-0.05, 0) is 47.6 Å². The zero-order valence-corrected chi connectivity index (χ0v) is 15.8. The van der Waals surface area contributed by atoms with Crippen molar-refractivity contribution in [2.45, 2.75) is 39.0 Å². The summed E-state index contributed by atoms with van der Waals surface area (Å²) >= 11 is 0. The van der Waals surface area contributed by atoms with Gasteiger partial charge in [-0.25, -0.2) is 4.79 Å². The normalized spacial score (nSPS) is 10.5. The Labute approximate surface area is 160 Å². The lowest BCUT2D eigenvalue weighted by molar-refractivity contribution is -0.136. The Kier molecular flexibility index (Phi) is 7.17. The van der Waals surface area contributed by atoms with Gasteiger partial charge in [0.05, 0.1) is 0 Å². The van der Waals surface area contributed by atoms with Gasteiger partial charge in [-0.15, -0.1) is 6.58 Å². The van der Waals surface area contributed by atoms with E-state index in [2.05, 4.69) is 31.1 Å². The number of aliphatic carboxylic acids is 1. The average Bonchev–Trinajstić information content (AvgIpc) is 2.61. The Morgan fingerprint density at radius 1 is 1.15 bits per heavy atom. The monoisotopic (exact) mass is 366 g/mol. The summed E-state index contributed by atoms with van der Waals surface area (Å²) in [6.45, 7) is 7.96. The van der Waals surface area contributed by atoms with Gasteiger partial charge in [0.1, 0.15) is 0 Å². The zero-order chi connectivity index (χ0) is 19.8. The Morgan fingerprint density at radius 2 is 1.89 bits per heavy atom. The average molecular weight is 366 g/mol. The number of hydrogen-bond donors (Lipinski definition) is 3. The maximum Gasteiger partial charge on any atom is 0.323 e. The van der Waals surface area contributed by atoms with Crippen LogP contribution in [-0.4, -0.2) is 17.1 Å². The van der Waals surface area contributed by atoms with Crippen molar-refractivity contribution in [3.8, 4) is 0 Å². The number of carboxylic acid groups (broad SMARTS) is 1. The molecule has 0 fully saturated rings. The van der Waals surface area contributed by atoms with Crippen molar-refractivity contribution in [2.24, 2.45) is 0 Å². The Hall–Kier alpha value is -3.08. The number of para-hydroxylation sites is 1. The largest absolute Gasteiger partial charge is 0.481 e.